The number of carbonyl (C=O) groups excluding carboxylic acids is 4. The Balaban J connectivity index is 1.03. The predicted octanol–water partition coefficient (Wildman–Crippen LogP) is 6.66. The van der Waals surface area contributed by atoms with Crippen molar-refractivity contribution in [2.45, 2.75) is 82.6 Å². The summed E-state index contributed by atoms with van der Waals surface area (Å²) < 4.78 is 25.8. The number of halogens is 1. The Morgan fingerprint density at radius 1 is 0.887 bits per heavy atom. The third kappa shape index (κ3) is 8.72. The largest absolute Gasteiger partial charge is 0.461 e. The van der Waals surface area contributed by atoms with Crippen LogP contribution in [0.25, 0.3) is 10.9 Å². The maximum absolute atomic E-state index is 14.3. The molecule has 2 atom stereocenters. The zero-order valence-electron chi connectivity index (χ0n) is 29.9. The first-order valence-electron chi connectivity index (χ1n) is 18.7. The van der Waals surface area contributed by atoms with E-state index in [1.807, 2.05) is 60.7 Å². The fourth-order valence-electron chi connectivity index (χ4n) is 8.92. The first kappa shape index (κ1) is 36.2. The van der Waals surface area contributed by atoms with E-state index in [1.165, 1.54) is 18.6 Å². The van der Waals surface area contributed by atoms with Crippen molar-refractivity contribution in [2.75, 3.05) is 6.54 Å². The van der Waals surface area contributed by atoms with Gasteiger partial charge in [0.25, 0.3) is 0 Å². The number of alkyl carbamates (subject to hydrolysis) is 1. The van der Waals surface area contributed by atoms with Crippen molar-refractivity contribution in [2.24, 2.45) is 23.7 Å². The van der Waals surface area contributed by atoms with E-state index < -0.39 is 35.4 Å². The highest BCUT2D eigenvalue weighted by Gasteiger charge is 2.50. The summed E-state index contributed by atoms with van der Waals surface area (Å²) in [6.07, 6.45) is 6.31. The van der Waals surface area contributed by atoms with Crippen molar-refractivity contribution in [1.82, 2.24) is 20.9 Å². The SMILES string of the molecule is CC(Cc1c[nH]c2ccc(F)cc12)(NC(=O)OC1C2CC3CC(C2)CC1C3)C(=O)NC[C@H](NC(=O)CCC(=O)OCc1ccccc1)c1ccccc1. The van der Waals surface area contributed by atoms with Crippen LogP contribution in [0.2, 0.25) is 0 Å². The highest BCUT2D eigenvalue weighted by atomic mass is 19.1. The van der Waals surface area contributed by atoms with Gasteiger partial charge in [-0.15, -0.1) is 0 Å². The predicted molar refractivity (Wildman–Crippen MR) is 197 cm³/mol. The molecular formula is C42H47FN4O6. The number of fused-ring (bicyclic) bond motifs is 1. The molecule has 4 fully saturated rings. The van der Waals surface area contributed by atoms with E-state index in [-0.39, 0.29) is 44.4 Å². The Morgan fingerprint density at radius 2 is 1.57 bits per heavy atom. The van der Waals surface area contributed by atoms with E-state index in [9.17, 15) is 23.6 Å². The Morgan fingerprint density at radius 3 is 2.26 bits per heavy atom. The lowest BCUT2D eigenvalue weighted by molar-refractivity contribution is -0.146. The van der Waals surface area contributed by atoms with E-state index in [1.54, 1.807) is 19.2 Å². The number of nitrogens with one attached hydrogen (secondary N) is 4. The van der Waals surface area contributed by atoms with E-state index in [4.69, 9.17) is 9.47 Å². The van der Waals surface area contributed by atoms with Gasteiger partial charge >= 0.3 is 12.1 Å². The van der Waals surface area contributed by atoms with Gasteiger partial charge in [0.15, 0.2) is 0 Å². The molecule has 0 saturated heterocycles. The molecule has 4 bridgehead atoms. The minimum atomic E-state index is -1.50. The lowest BCUT2D eigenvalue weighted by Crippen LogP contribution is -2.60. The number of H-pyrrole nitrogens is 1. The van der Waals surface area contributed by atoms with Gasteiger partial charge in [-0.3, -0.25) is 14.4 Å². The lowest BCUT2D eigenvalue weighted by Gasteiger charge is -2.53. The van der Waals surface area contributed by atoms with Crippen LogP contribution in [0.4, 0.5) is 9.18 Å². The first-order chi connectivity index (χ1) is 25.6. The molecule has 4 aliphatic rings. The average Bonchev–Trinajstić information content (AvgIpc) is 3.54. The Bertz CT molecular complexity index is 1910. The van der Waals surface area contributed by atoms with Crippen LogP contribution in [0.5, 0.6) is 0 Å². The number of esters is 1. The quantitative estimate of drug-likeness (QED) is 0.108. The molecule has 1 aromatic heterocycles. The molecular weight excluding hydrogens is 675 g/mol. The molecule has 10 nitrogen and oxygen atoms in total. The van der Waals surface area contributed by atoms with Gasteiger partial charge in [0, 0.05) is 36.5 Å². The molecule has 4 N–H and O–H groups in total. The third-order valence-electron chi connectivity index (χ3n) is 11.3. The van der Waals surface area contributed by atoms with E-state index in [0.29, 0.717) is 40.1 Å². The molecule has 53 heavy (non-hydrogen) atoms. The maximum Gasteiger partial charge on any atom is 0.408 e. The Kier molecular flexibility index (Phi) is 10.8. The minimum absolute atomic E-state index is 0.00256. The van der Waals surface area contributed by atoms with Crippen molar-refractivity contribution < 1.29 is 33.0 Å². The molecule has 1 heterocycles. The summed E-state index contributed by atoms with van der Waals surface area (Å²) in [5.41, 5.74) is 1.45. The van der Waals surface area contributed by atoms with Crippen molar-refractivity contribution in [3.63, 3.8) is 0 Å². The monoisotopic (exact) mass is 722 g/mol. The molecule has 0 aliphatic heterocycles. The van der Waals surface area contributed by atoms with Gasteiger partial charge in [-0.2, -0.15) is 0 Å². The molecule has 278 valence electrons. The molecule has 1 unspecified atom stereocenters. The van der Waals surface area contributed by atoms with Crippen LogP contribution in [-0.2, 0) is 36.9 Å². The highest BCUT2D eigenvalue weighted by molar-refractivity contribution is 5.91. The smallest absolute Gasteiger partial charge is 0.408 e. The van der Waals surface area contributed by atoms with Crippen LogP contribution in [0.1, 0.15) is 74.6 Å². The molecule has 3 aromatic carbocycles. The van der Waals surface area contributed by atoms with Gasteiger partial charge in [-0.25, -0.2) is 9.18 Å². The van der Waals surface area contributed by atoms with E-state index in [0.717, 1.165) is 36.8 Å². The molecule has 4 aromatic rings. The van der Waals surface area contributed by atoms with Crippen molar-refractivity contribution >= 4 is 34.8 Å². The average molecular weight is 723 g/mol. The number of ether oxygens (including phenoxy) is 2. The van der Waals surface area contributed by atoms with E-state index >= 15 is 0 Å². The van der Waals surface area contributed by atoms with Crippen LogP contribution >= 0.6 is 0 Å². The summed E-state index contributed by atoms with van der Waals surface area (Å²) in [5.74, 6) is 0.327. The van der Waals surface area contributed by atoms with Crippen LogP contribution in [0, 0.1) is 29.5 Å². The Hall–Kier alpha value is -5.19. The van der Waals surface area contributed by atoms with Gasteiger partial charge in [0.1, 0.15) is 24.1 Å². The molecule has 4 saturated carbocycles. The summed E-state index contributed by atoms with van der Waals surface area (Å²) in [6.45, 7) is 1.75. The summed E-state index contributed by atoms with van der Waals surface area (Å²) in [4.78, 5) is 56.6. The highest BCUT2D eigenvalue weighted by Crippen LogP contribution is 2.54. The van der Waals surface area contributed by atoms with Crippen LogP contribution < -0.4 is 16.0 Å². The van der Waals surface area contributed by atoms with Crippen molar-refractivity contribution in [3.05, 3.63) is 108 Å². The molecule has 0 radical (unpaired) electrons. The second kappa shape index (κ2) is 15.8. The topological polar surface area (TPSA) is 139 Å². The molecule has 8 rings (SSSR count). The van der Waals surface area contributed by atoms with Crippen LogP contribution in [-0.4, -0.2) is 47.0 Å². The zero-order chi connectivity index (χ0) is 37.0. The normalized spacial score (nSPS) is 23.1. The number of aromatic amines is 1. The number of rotatable bonds is 14. The van der Waals surface area contributed by atoms with Gasteiger partial charge in [0.05, 0.1) is 12.5 Å². The number of benzene rings is 3. The van der Waals surface area contributed by atoms with E-state index in [2.05, 4.69) is 20.9 Å². The summed E-state index contributed by atoms with van der Waals surface area (Å²) in [6, 6.07) is 22.3. The lowest BCUT2D eigenvalue weighted by atomic mass is 9.55. The summed E-state index contributed by atoms with van der Waals surface area (Å²) in [5, 5.41) is 9.43. The van der Waals surface area contributed by atoms with Gasteiger partial charge in [-0.1, -0.05) is 60.7 Å². The number of aromatic nitrogens is 1. The van der Waals surface area contributed by atoms with Gasteiger partial charge in [0.2, 0.25) is 11.8 Å². The van der Waals surface area contributed by atoms with Gasteiger partial charge < -0.3 is 30.4 Å². The summed E-state index contributed by atoms with van der Waals surface area (Å²) in [7, 11) is 0. The maximum atomic E-state index is 14.3. The second-order valence-corrected chi connectivity index (χ2v) is 15.3. The third-order valence-corrected chi connectivity index (χ3v) is 11.3. The minimum Gasteiger partial charge on any atom is -0.461 e. The van der Waals surface area contributed by atoms with Crippen LogP contribution in [0.3, 0.4) is 0 Å². The molecule has 11 heteroatoms. The number of hydrogen-bond acceptors (Lipinski definition) is 6. The zero-order valence-corrected chi connectivity index (χ0v) is 29.9. The van der Waals surface area contributed by atoms with Gasteiger partial charge in [-0.05, 0) is 97.6 Å². The van der Waals surface area contributed by atoms with Crippen molar-refractivity contribution in [1.29, 1.82) is 0 Å². The summed E-state index contributed by atoms with van der Waals surface area (Å²) >= 11 is 0. The van der Waals surface area contributed by atoms with Crippen LogP contribution in [0.15, 0.2) is 85.1 Å². The molecule has 4 aliphatic carbocycles. The molecule has 0 spiro atoms. The number of carbonyl (C=O) groups is 4. The number of hydrogen-bond donors (Lipinski definition) is 4. The standard InChI is InChI=1S/C42H47FN4O6/c1-42(22-32-23-44-35-13-12-33(43)21-34(32)35,47-41(51)53-39-30-17-27-16-28(19-30)20-31(39)18-27)40(50)45-24-36(29-10-6-3-7-11-29)46-37(48)14-15-38(49)52-25-26-8-4-2-5-9-26/h2-13,21,23,27-28,30-31,36,39,44H,14-20,22,24-25H2,1H3,(H,45,50)(H,46,48)(H,47,51)/t27?,28?,30?,31?,36-,39?,42?/m0/s1. The number of amides is 3. The van der Waals surface area contributed by atoms with Crippen molar-refractivity contribution in [3.8, 4) is 0 Å². The first-order valence-corrected chi connectivity index (χ1v) is 18.7. The Labute approximate surface area is 308 Å². The second-order valence-electron chi connectivity index (χ2n) is 15.3. The fraction of sp³-hybridized carbons (Fsp3) is 0.429. The molecule has 3 amide bonds. The fourth-order valence-corrected chi connectivity index (χ4v) is 8.92.